The molecule has 0 aromatic heterocycles. The normalized spacial score (nSPS) is 12.9. The second kappa shape index (κ2) is 4.92. The molecule has 3 heteroatoms. The van der Waals surface area contributed by atoms with Crippen molar-refractivity contribution in [2.24, 2.45) is 0 Å². The molecule has 1 heterocycles. The smallest absolute Gasteiger partial charge is 0.123 e. The number of hydrogen-bond acceptors (Lipinski definition) is 2. The summed E-state index contributed by atoms with van der Waals surface area (Å²) in [6.07, 6.45) is 1.10. The van der Waals surface area contributed by atoms with Gasteiger partial charge in [0.2, 0.25) is 0 Å². The molecule has 1 aliphatic heterocycles. The van der Waals surface area contributed by atoms with Crippen molar-refractivity contribution in [3.05, 3.63) is 59.4 Å². The van der Waals surface area contributed by atoms with Crippen LogP contribution in [0.5, 0.6) is 0 Å². The predicted octanol–water partition coefficient (Wildman–Crippen LogP) is 3.43. The van der Waals surface area contributed by atoms with E-state index >= 15 is 0 Å². The molecule has 2 nitrogen and oxygen atoms in total. The Bertz CT molecular complexity index is 578. The zero-order valence-corrected chi connectivity index (χ0v) is 11.0. The van der Waals surface area contributed by atoms with Gasteiger partial charge in [-0.1, -0.05) is 12.1 Å². The number of nitrogens with zero attached hydrogens (tertiary/aromatic N) is 1. The summed E-state index contributed by atoms with van der Waals surface area (Å²) in [7, 11) is 2.03. The van der Waals surface area contributed by atoms with Gasteiger partial charge in [0, 0.05) is 31.5 Å². The first-order chi connectivity index (χ1) is 9.22. The molecule has 19 heavy (non-hydrogen) atoms. The highest BCUT2D eigenvalue weighted by molar-refractivity contribution is 5.57. The fourth-order valence-corrected chi connectivity index (χ4v) is 2.52. The molecule has 0 bridgehead atoms. The van der Waals surface area contributed by atoms with E-state index in [2.05, 4.69) is 28.4 Å². The third kappa shape index (κ3) is 2.55. The van der Waals surface area contributed by atoms with Crippen LogP contribution in [0.4, 0.5) is 15.8 Å². The molecule has 98 valence electrons. The van der Waals surface area contributed by atoms with Gasteiger partial charge in [-0.15, -0.1) is 0 Å². The van der Waals surface area contributed by atoms with E-state index in [1.807, 2.05) is 19.2 Å². The van der Waals surface area contributed by atoms with Crippen LogP contribution in [-0.4, -0.2) is 13.6 Å². The second-order valence-corrected chi connectivity index (χ2v) is 5.00. The number of halogens is 1. The maximum absolute atomic E-state index is 12.9. The first-order valence-corrected chi connectivity index (χ1v) is 6.55. The van der Waals surface area contributed by atoms with Crippen molar-refractivity contribution in [3.8, 4) is 0 Å². The summed E-state index contributed by atoms with van der Waals surface area (Å²) in [6, 6.07) is 13.2. The van der Waals surface area contributed by atoms with Gasteiger partial charge in [-0.25, -0.2) is 4.39 Å². The van der Waals surface area contributed by atoms with E-state index in [4.69, 9.17) is 0 Å². The minimum atomic E-state index is -0.194. The van der Waals surface area contributed by atoms with Crippen molar-refractivity contribution < 1.29 is 4.39 Å². The van der Waals surface area contributed by atoms with E-state index < -0.39 is 0 Å². The number of anilines is 2. The molecule has 0 saturated heterocycles. The lowest BCUT2D eigenvalue weighted by atomic mass is 10.1. The van der Waals surface area contributed by atoms with E-state index in [1.165, 1.54) is 28.9 Å². The summed E-state index contributed by atoms with van der Waals surface area (Å²) in [4.78, 5) is 2.13. The Balaban J connectivity index is 1.75. The molecular formula is C16H17FN2. The molecule has 0 spiro atoms. The Morgan fingerprint density at radius 2 is 1.95 bits per heavy atom. The summed E-state index contributed by atoms with van der Waals surface area (Å²) in [5, 5.41) is 3.36. The van der Waals surface area contributed by atoms with Crippen LogP contribution in [0.3, 0.4) is 0 Å². The van der Waals surface area contributed by atoms with Crippen LogP contribution >= 0.6 is 0 Å². The molecule has 0 aliphatic carbocycles. The lowest BCUT2D eigenvalue weighted by molar-refractivity contribution is 0.627. The lowest BCUT2D eigenvalue weighted by Crippen LogP contribution is -2.16. The standard InChI is InChI=1S/C16H17FN2/c1-19(15-5-3-14(17)4-6-15)11-12-2-7-16-13(10-12)8-9-18-16/h2-7,10,18H,8-9,11H2,1H3. The van der Waals surface area contributed by atoms with Crippen LogP contribution in [0.2, 0.25) is 0 Å². The molecule has 3 rings (SSSR count). The molecule has 0 unspecified atom stereocenters. The molecule has 0 saturated carbocycles. The van der Waals surface area contributed by atoms with Gasteiger partial charge in [0.15, 0.2) is 0 Å². The predicted molar refractivity (Wildman–Crippen MR) is 77.1 cm³/mol. The Morgan fingerprint density at radius 1 is 1.16 bits per heavy atom. The van der Waals surface area contributed by atoms with Gasteiger partial charge in [0.05, 0.1) is 0 Å². The topological polar surface area (TPSA) is 15.3 Å². The second-order valence-electron chi connectivity index (χ2n) is 5.00. The van der Waals surface area contributed by atoms with E-state index in [1.54, 1.807) is 0 Å². The SMILES string of the molecule is CN(Cc1ccc2c(c1)CCN2)c1ccc(F)cc1. The third-order valence-corrected chi connectivity index (χ3v) is 3.57. The molecule has 0 radical (unpaired) electrons. The van der Waals surface area contributed by atoms with Gasteiger partial charge in [-0.05, 0) is 47.9 Å². The zero-order valence-electron chi connectivity index (χ0n) is 11.0. The Labute approximate surface area is 112 Å². The van der Waals surface area contributed by atoms with Crippen LogP contribution in [0.1, 0.15) is 11.1 Å². The van der Waals surface area contributed by atoms with Gasteiger partial charge in [-0.3, -0.25) is 0 Å². The Morgan fingerprint density at radius 3 is 2.74 bits per heavy atom. The molecule has 2 aromatic rings. The quantitative estimate of drug-likeness (QED) is 0.905. The van der Waals surface area contributed by atoms with E-state index in [0.717, 1.165) is 25.2 Å². The summed E-state index contributed by atoms with van der Waals surface area (Å²) < 4.78 is 12.9. The van der Waals surface area contributed by atoms with Crippen LogP contribution < -0.4 is 10.2 Å². The number of hydrogen-bond donors (Lipinski definition) is 1. The van der Waals surface area contributed by atoms with Gasteiger partial charge in [-0.2, -0.15) is 0 Å². The van der Waals surface area contributed by atoms with E-state index in [-0.39, 0.29) is 5.82 Å². The van der Waals surface area contributed by atoms with Gasteiger partial charge >= 0.3 is 0 Å². The number of nitrogens with one attached hydrogen (secondary N) is 1. The van der Waals surface area contributed by atoms with Crippen molar-refractivity contribution in [1.82, 2.24) is 0 Å². The number of fused-ring (bicyclic) bond motifs is 1. The highest BCUT2D eigenvalue weighted by Gasteiger charge is 2.10. The minimum absolute atomic E-state index is 0.194. The largest absolute Gasteiger partial charge is 0.384 e. The van der Waals surface area contributed by atoms with Crippen LogP contribution in [-0.2, 0) is 13.0 Å². The van der Waals surface area contributed by atoms with E-state index in [0.29, 0.717) is 0 Å². The fourth-order valence-electron chi connectivity index (χ4n) is 2.52. The van der Waals surface area contributed by atoms with Gasteiger partial charge < -0.3 is 10.2 Å². The number of rotatable bonds is 3. The van der Waals surface area contributed by atoms with Gasteiger partial charge in [0.1, 0.15) is 5.82 Å². The molecule has 1 N–H and O–H groups in total. The third-order valence-electron chi connectivity index (χ3n) is 3.57. The molecule has 0 fully saturated rings. The summed E-state index contributed by atoms with van der Waals surface area (Å²) in [5.41, 5.74) is 4.97. The highest BCUT2D eigenvalue weighted by Crippen LogP contribution is 2.24. The molecule has 1 aliphatic rings. The molecule has 0 atom stereocenters. The van der Waals surface area contributed by atoms with Crippen LogP contribution in [0, 0.1) is 5.82 Å². The van der Waals surface area contributed by atoms with Gasteiger partial charge in [0.25, 0.3) is 0 Å². The van der Waals surface area contributed by atoms with Crippen molar-refractivity contribution >= 4 is 11.4 Å². The average Bonchev–Trinajstić information content (AvgIpc) is 2.87. The molecule has 2 aromatic carbocycles. The lowest BCUT2D eigenvalue weighted by Gasteiger charge is -2.19. The maximum atomic E-state index is 12.9. The summed E-state index contributed by atoms with van der Waals surface area (Å²) in [6.45, 7) is 1.87. The first-order valence-electron chi connectivity index (χ1n) is 6.55. The summed E-state index contributed by atoms with van der Waals surface area (Å²) in [5.74, 6) is -0.194. The Hall–Kier alpha value is -2.03. The zero-order chi connectivity index (χ0) is 13.2. The van der Waals surface area contributed by atoms with Crippen molar-refractivity contribution in [2.45, 2.75) is 13.0 Å². The minimum Gasteiger partial charge on any atom is -0.384 e. The monoisotopic (exact) mass is 256 g/mol. The van der Waals surface area contributed by atoms with E-state index in [9.17, 15) is 4.39 Å². The molecule has 0 amide bonds. The average molecular weight is 256 g/mol. The van der Waals surface area contributed by atoms with Crippen molar-refractivity contribution in [2.75, 3.05) is 23.8 Å². The van der Waals surface area contributed by atoms with Crippen molar-refractivity contribution in [3.63, 3.8) is 0 Å². The van der Waals surface area contributed by atoms with Crippen LogP contribution in [0.15, 0.2) is 42.5 Å². The first kappa shape index (κ1) is 12.0. The maximum Gasteiger partial charge on any atom is 0.123 e. The Kier molecular flexibility index (Phi) is 3.11. The summed E-state index contributed by atoms with van der Waals surface area (Å²) >= 11 is 0. The fraction of sp³-hybridized carbons (Fsp3) is 0.250. The molecular weight excluding hydrogens is 239 g/mol. The highest BCUT2D eigenvalue weighted by atomic mass is 19.1. The number of benzene rings is 2. The van der Waals surface area contributed by atoms with Crippen molar-refractivity contribution in [1.29, 1.82) is 0 Å². The van der Waals surface area contributed by atoms with Crippen LogP contribution in [0.25, 0.3) is 0 Å².